The van der Waals surface area contributed by atoms with Crippen LogP contribution >= 0.6 is 23.4 Å². The van der Waals surface area contributed by atoms with Crippen molar-refractivity contribution in [1.29, 1.82) is 0 Å². The molecule has 1 aromatic rings. The van der Waals surface area contributed by atoms with E-state index in [2.05, 4.69) is 42.3 Å². The zero-order valence-electron chi connectivity index (χ0n) is 12.7. The average molecular weight is 314 g/mol. The highest BCUT2D eigenvalue weighted by molar-refractivity contribution is 7.99. The third-order valence-electron chi connectivity index (χ3n) is 3.70. The average Bonchev–Trinajstić information content (AvgIpc) is 2.37. The van der Waals surface area contributed by atoms with E-state index in [9.17, 15) is 0 Å². The van der Waals surface area contributed by atoms with Crippen LogP contribution in [0.1, 0.15) is 52.3 Å². The largest absolute Gasteiger partial charge is 0.366 e. The molecule has 1 fully saturated rings. The van der Waals surface area contributed by atoms with E-state index in [0.717, 1.165) is 11.6 Å². The molecule has 2 atom stereocenters. The van der Waals surface area contributed by atoms with Crippen molar-refractivity contribution in [3.63, 3.8) is 0 Å². The SMILES string of the molecule is CSC1CCCCC1Nc1cc(Cl)nc(C(C)(C)C)n1. The Kier molecular flexibility index (Phi) is 5.19. The molecular weight excluding hydrogens is 290 g/mol. The van der Waals surface area contributed by atoms with Crippen LogP contribution < -0.4 is 5.32 Å². The van der Waals surface area contributed by atoms with Gasteiger partial charge in [0, 0.05) is 22.8 Å². The lowest BCUT2D eigenvalue weighted by molar-refractivity contribution is 0.473. The van der Waals surface area contributed by atoms with E-state index >= 15 is 0 Å². The molecule has 20 heavy (non-hydrogen) atoms. The Morgan fingerprint density at radius 1 is 1.25 bits per heavy atom. The summed E-state index contributed by atoms with van der Waals surface area (Å²) in [6, 6.07) is 2.32. The fourth-order valence-electron chi connectivity index (χ4n) is 2.56. The Morgan fingerprint density at radius 2 is 1.95 bits per heavy atom. The molecule has 1 aliphatic carbocycles. The standard InChI is InChI=1S/C15H24ClN3S/c1-15(2,3)14-18-12(16)9-13(19-14)17-10-7-5-6-8-11(10)20-4/h9-11H,5-8H2,1-4H3,(H,17,18,19). The van der Waals surface area contributed by atoms with Crippen molar-refractivity contribution in [2.24, 2.45) is 0 Å². The summed E-state index contributed by atoms with van der Waals surface area (Å²) in [6.45, 7) is 6.31. The van der Waals surface area contributed by atoms with Crippen molar-refractivity contribution in [2.75, 3.05) is 11.6 Å². The summed E-state index contributed by atoms with van der Waals surface area (Å²) in [7, 11) is 0. The second-order valence-corrected chi connectivity index (χ2v) is 7.92. The highest BCUT2D eigenvalue weighted by Crippen LogP contribution is 2.30. The van der Waals surface area contributed by atoms with Gasteiger partial charge in [0.15, 0.2) is 0 Å². The lowest BCUT2D eigenvalue weighted by Gasteiger charge is -2.31. The van der Waals surface area contributed by atoms with E-state index in [-0.39, 0.29) is 5.41 Å². The van der Waals surface area contributed by atoms with Crippen LogP contribution in [0.4, 0.5) is 5.82 Å². The summed E-state index contributed by atoms with van der Waals surface area (Å²) < 4.78 is 0. The van der Waals surface area contributed by atoms with Crippen LogP contribution in [0.15, 0.2) is 6.07 Å². The Labute approximate surface area is 131 Å². The first-order valence-corrected chi connectivity index (χ1v) is 8.91. The van der Waals surface area contributed by atoms with E-state index in [1.165, 1.54) is 25.7 Å². The summed E-state index contributed by atoms with van der Waals surface area (Å²) in [4.78, 5) is 9.00. The highest BCUT2D eigenvalue weighted by atomic mass is 35.5. The van der Waals surface area contributed by atoms with Gasteiger partial charge in [-0.25, -0.2) is 9.97 Å². The van der Waals surface area contributed by atoms with E-state index < -0.39 is 0 Å². The number of aromatic nitrogens is 2. The summed E-state index contributed by atoms with van der Waals surface area (Å²) in [6.07, 6.45) is 7.31. The number of hydrogen-bond acceptors (Lipinski definition) is 4. The number of nitrogens with zero attached hydrogens (tertiary/aromatic N) is 2. The van der Waals surface area contributed by atoms with Gasteiger partial charge < -0.3 is 5.32 Å². The lowest BCUT2D eigenvalue weighted by Crippen LogP contribution is -2.34. The van der Waals surface area contributed by atoms with E-state index in [1.807, 2.05) is 17.8 Å². The number of hydrogen-bond donors (Lipinski definition) is 1. The monoisotopic (exact) mass is 313 g/mol. The van der Waals surface area contributed by atoms with Gasteiger partial charge in [0.2, 0.25) is 0 Å². The Balaban J connectivity index is 2.18. The molecule has 1 aromatic heterocycles. The maximum absolute atomic E-state index is 6.15. The molecule has 2 unspecified atom stereocenters. The number of anilines is 1. The minimum atomic E-state index is -0.0905. The van der Waals surface area contributed by atoms with E-state index in [4.69, 9.17) is 11.6 Å². The molecule has 2 rings (SSSR count). The van der Waals surface area contributed by atoms with Crippen LogP contribution in [0.3, 0.4) is 0 Å². The molecule has 0 radical (unpaired) electrons. The minimum absolute atomic E-state index is 0.0905. The van der Waals surface area contributed by atoms with Gasteiger partial charge in [-0.15, -0.1) is 0 Å². The molecule has 0 aliphatic heterocycles. The molecule has 1 aliphatic rings. The molecule has 0 aromatic carbocycles. The van der Waals surface area contributed by atoms with Crippen molar-refractivity contribution in [3.05, 3.63) is 17.0 Å². The molecule has 0 spiro atoms. The number of nitrogens with one attached hydrogen (secondary N) is 1. The topological polar surface area (TPSA) is 37.8 Å². The molecule has 1 N–H and O–H groups in total. The Hall–Kier alpha value is -0.480. The third kappa shape index (κ3) is 4.01. The molecule has 1 heterocycles. The summed E-state index contributed by atoms with van der Waals surface area (Å²) in [5.41, 5.74) is -0.0905. The predicted octanol–water partition coefficient (Wildman–Crippen LogP) is 4.51. The van der Waals surface area contributed by atoms with Crippen LogP contribution in [0.5, 0.6) is 0 Å². The first kappa shape index (κ1) is 15.9. The van der Waals surface area contributed by atoms with Crippen LogP contribution in [0.2, 0.25) is 5.15 Å². The second kappa shape index (κ2) is 6.52. The second-order valence-electron chi connectivity index (χ2n) is 6.46. The molecule has 5 heteroatoms. The zero-order valence-corrected chi connectivity index (χ0v) is 14.3. The molecule has 3 nitrogen and oxygen atoms in total. The van der Waals surface area contributed by atoms with Gasteiger partial charge in [0.25, 0.3) is 0 Å². The van der Waals surface area contributed by atoms with Crippen molar-refractivity contribution in [1.82, 2.24) is 9.97 Å². The maximum Gasteiger partial charge on any atom is 0.137 e. The molecular formula is C15H24ClN3S. The molecule has 112 valence electrons. The van der Waals surface area contributed by atoms with Crippen molar-refractivity contribution >= 4 is 29.2 Å². The van der Waals surface area contributed by atoms with Gasteiger partial charge in [-0.3, -0.25) is 0 Å². The minimum Gasteiger partial charge on any atom is -0.366 e. The fraction of sp³-hybridized carbons (Fsp3) is 0.733. The highest BCUT2D eigenvalue weighted by Gasteiger charge is 2.25. The van der Waals surface area contributed by atoms with Crippen molar-refractivity contribution in [3.8, 4) is 0 Å². The number of rotatable bonds is 3. The van der Waals surface area contributed by atoms with Crippen LogP contribution in [-0.2, 0) is 5.41 Å². The van der Waals surface area contributed by atoms with E-state index in [1.54, 1.807) is 0 Å². The molecule has 1 saturated carbocycles. The van der Waals surface area contributed by atoms with Crippen LogP contribution in [0, 0.1) is 0 Å². The maximum atomic E-state index is 6.15. The Bertz CT molecular complexity index is 459. The Morgan fingerprint density at radius 3 is 2.60 bits per heavy atom. The summed E-state index contributed by atoms with van der Waals surface area (Å²) in [5, 5.41) is 4.76. The fourth-order valence-corrected chi connectivity index (χ4v) is 3.68. The van der Waals surface area contributed by atoms with Gasteiger partial charge in [-0.05, 0) is 19.1 Å². The molecule has 0 bridgehead atoms. The lowest BCUT2D eigenvalue weighted by atomic mass is 9.94. The van der Waals surface area contributed by atoms with Crippen LogP contribution in [-0.4, -0.2) is 27.5 Å². The van der Waals surface area contributed by atoms with Gasteiger partial charge in [0.05, 0.1) is 0 Å². The van der Waals surface area contributed by atoms with Gasteiger partial charge in [0.1, 0.15) is 16.8 Å². The van der Waals surface area contributed by atoms with Gasteiger partial charge >= 0.3 is 0 Å². The first-order chi connectivity index (χ1) is 9.40. The number of halogens is 1. The molecule has 0 amide bonds. The van der Waals surface area contributed by atoms with Crippen molar-refractivity contribution in [2.45, 2.75) is 63.2 Å². The first-order valence-electron chi connectivity index (χ1n) is 7.24. The number of thioether (sulfide) groups is 1. The van der Waals surface area contributed by atoms with Crippen molar-refractivity contribution < 1.29 is 0 Å². The summed E-state index contributed by atoms with van der Waals surface area (Å²) >= 11 is 8.10. The normalized spacial score (nSPS) is 23.6. The predicted molar refractivity (Wildman–Crippen MR) is 88.9 cm³/mol. The van der Waals surface area contributed by atoms with Gasteiger partial charge in [-0.1, -0.05) is 45.2 Å². The third-order valence-corrected chi connectivity index (χ3v) is 5.07. The van der Waals surface area contributed by atoms with Crippen LogP contribution in [0.25, 0.3) is 0 Å². The zero-order chi connectivity index (χ0) is 14.8. The molecule has 0 saturated heterocycles. The quantitative estimate of drug-likeness (QED) is 0.833. The summed E-state index contributed by atoms with van der Waals surface area (Å²) in [5.74, 6) is 1.66. The van der Waals surface area contributed by atoms with E-state index in [0.29, 0.717) is 16.4 Å². The smallest absolute Gasteiger partial charge is 0.137 e. The van der Waals surface area contributed by atoms with Gasteiger partial charge in [-0.2, -0.15) is 11.8 Å².